The van der Waals surface area contributed by atoms with Crippen LogP contribution in [0.4, 0.5) is 10.4 Å². The monoisotopic (exact) mass is 340 g/mol. The summed E-state index contributed by atoms with van der Waals surface area (Å²) in [6.07, 6.45) is 2.93. The van der Waals surface area contributed by atoms with Gasteiger partial charge < -0.3 is 19.0 Å². The molecule has 2 saturated heterocycles. The quantitative estimate of drug-likeness (QED) is 0.813. The number of rotatable bonds is 5. The van der Waals surface area contributed by atoms with Crippen molar-refractivity contribution in [1.29, 1.82) is 0 Å². The maximum absolute atomic E-state index is 13.9. The van der Waals surface area contributed by atoms with E-state index in [4.69, 9.17) is 9.15 Å². The number of likely N-dealkylation sites (N-methyl/N-ethyl adjacent to an activating group) is 1. The Morgan fingerprint density at radius 2 is 2.25 bits per heavy atom. The highest BCUT2D eigenvalue weighted by Gasteiger charge is 2.36. The summed E-state index contributed by atoms with van der Waals surface area (Å²) in [5.41, 5.74) is 0. The number of alkyl halides is 1. The fourth-order valence-electron chi connectivity index (χ4n) is 3.41. The predicted molar refractivity (Wildman–Crippen MR) is 85.5 cm³/mol. The van der Waals surface area contributed by atoms with Gasteiger partial charge in [-0.15, -0.1) is 5.10 Å². The molecule has 0 saturated carbocycles. The molecule has 3 atom stereocenters. The Labute approximate surface area is 141 Å². The molecule has 0 spiro atoms. The zero-order chi connectivity index (χ0) is 17.1. The summed E-state index contributed by atoms with van der Waals surface area (Å²) in [4.78, 5) is 15.8. The number of ether oxygens (including phenoxy) is 1. The van der Waals surface area contributed by atoms with Crippen molar-refractivity contribution < 1.29 is 18.3 Å². The number of carbonyl (C=O) groups excluding carboxylic acids is 1. The Kier molecular flexibility index (Phi) is 5.33. The fourth-order valence-corrected chi connectivity index (χ4v) is 3.41. The number of amides is 1. The van der Waals surface area contributed by atoms with E-state index in [9.17, 15) is 9.18 Å². The van der Waals surface area contributed by atoms with Crippen LogP contribution in [0.15, 0.2) is 4.42 Å². The minimum Gasteiger partial charge on any atom is -0.408 e. The number of nitrogens with zero attached hydrogens (tertiary/aromatic N) is 4. The van der Waals surface area contributed by atoms with Gasteiger partial charge in [0.05, 0.1) is 25.1 Å². The molecule has 134 valence electrons. The second kappa shape index (κ2) is 7.46. The molecule has 3 heterocycles. The van der Waals surface area contributed by atoms with Crippen LogP contribution < -0.4 is 4.90 Å². The lowest BCUT2D eigenvalue weighted by Gasteiger charge is -2.29. The van der Waals surface area contributed by atoms with E-state index < -0.39 is 6.17 Å². The standard InChI is InChI=1S/C16H25FN4O3/c1-11-18-19-16(24-11)21-9-12(17)7-13(21)10-20(2)15(22)8-14-5-3-4-6-23-14/h12-14H,3-10H2,1-2H3/t12-,13-,14-/m0/s1. The summed E-state index contributed by atoms with van der Waals surface area (Å²) >= 11 is 0. The van der Waals surface area contributed by atoms with E-state index in [1.165, 1.54) is 0 Å². The van der Waals surface area contributed by atoms with Gasteiger partial charge in [-0.25, -0.2) is 4.39 Å². The first-order valence-corrected chi connectivity index (χ1v) is 8.59. The molecule has 0 aliphatic carbocycles. The minimum atomic E-state index is -0.951. The van der Waals surface area contributed by atoms with Crippen molar-refractivity contribution in [1.82, 2.24) is 15.1 Å². The highest BCUT2D eigenvalue weighted by atomic mass is 19.1. The van der Waals surface area contributed by atoms with Gasteiger partial charge in [0.1, 0.15) is 6.17 Å². The third-order valence-electron chi connectivity index (χ3n) is 4.71. The molecule has 1 amide bonds. The fraction of sp³-hybridized carbons (Fsp3) is 0.812. The molecular formula is C16H25FN4O3. The summed E-state index contributed by atoms with van der Waals surface area (Å²) < 4.78 is 24.9. The van der Waals surface area contributed by atoms with Crippen LogP contribution in [0.5, 0.6) is 0 Å². The Morgan fingerprint density at radius 1 is 1.42 bits per heavy atom. The predicted octanol–water partition coefficient (Wildman–Crippen LogP) is 1.71. The van der Waals surface area contributed by atoms with Gasteiger partial charge in [0.2, 0.25) is 11.8 Å². The summed E-state index contributed by atoms with van der Waals surface area (Å²) in [7, 11) is 1.76. The van der Waals surface area contributed by atoms with Crippen LogP contribution in [-0.4, -0.2) is 66.1 Å². The summed E-state index contributed by atoms with van der Waals surface area (Å²) in [5, 5.41) is 7.78. The number of carbonyl (C=O) groups is 1. The van der Waals surface area contributed by atoms with Gasteiger partial charge in [-0.1, -0.05) is 5.10 Å². The first kappa shape index (κ1) is 17.1. The summed E-state index contributed by atoms with van der Waals surface area (Å²) in [6.45, 7) is 3.10. The third kappa shape index (κ3) is 4.03. The molecule has 2 fully saturated rings. The van der Waals surface area contributed by atoms with Crippen LogP contribution in [0, 0.1) is 6.92 Å². The van der Waals surface area contributed by atoms with Gasteiger partial charge in [-0.05, 0) is 19.3 Å². The molecule has 3 rings (SSSR count). The van der Waals surface area contributed by atoms with E-state index >= 15 is 0 Å². The number of hydrogen-bond acceptors (Lipinski definition) is 6. The number of halogens is 1. The lowest BCUT2D eigenvalue weighted by molar-refractivity contribution is -0.134. The lowest BCUT2D eigenvalue weighted by atomic mass is 10.1. The SMILES string of the molecule is Cc1nnc(N2C[C@@H](F)C[C@H]2CN(C)C(=O)C[C@@H]2CCCCO2)o1. The van der Waals surface area contributed by atoms with Crippen LogP contribution in [0.1, 0.15) is 38.0 Å². The molecule has 0 unspecified atom stereocenters. The minimum absolute atomic E-state index is 0.0147. The van der Waals surface area contributed by atoms with Crippen molar-refractivity contribution >= 4 is 11.9 Å². The molecule has 2 aliphatic heterocycles. The van der Waals surface area contributed by atoms with Crippen LogP contribution in [0.3, 0.4) is 0 Å². The van der Waals surface area contributed by atoms with Crippen molar-refractivity contribution in [2.75, 3.05) is 31.6 Å². The highest BCUT2D eigenvalue weighted by molar-refractivity contribution is 5.76. The number of anilines is 1. The Hall–Kier alpha value is -1.70. The van der Waals surface area contributed by atoms with Crippen molar-refractivity contribution in [3.63, 3.8) is 0 Å². The van der Waals surface area contributed by atoms with Gasteiger partial charge in [0.25, 0.3) is 0 Å². The molecule has 2 aliphatic rings. The maximum atomic E-state index is 13.9. The molecule has 8 heteroatoms. The Bertz CT molecular complexity index is 561. The largest absolute Gasteiger partial charge is 0.408 e. The maximum Gasteiger partial charge on any atom is 0.318 e. The van der Waals surface area contributed by atoms with E-state index in [1.54, 1.807) is 23.8 Å². The van der Waals surface area contributed by atoms with Crippen molar-refractivity contribution in [2.45, 2.75) is 57.3 Å². The molecule has 0 N–H and O–H groups in total. The number of aryl methyl sites for hydroxylation is 1. The van der Waals surface area contributed by atoms with Gasteiger partial charge in [0, 0.05) is 33.5 Å². The van der Waals surface area contributed by atoms with Crippen LogP contribution in [0.25, 0.3) is 0 Å². The van der Waals surface area contributed by atoms with E-state index in [0.717, 1.165) is 25.9 Å². The third-order valence-corrected chi connectivity index (χ3v) is 4.71. The van der Waals surface area contributed by atoms with E-state index in [0.29, 0.717) is 31.3 Å². The zero-order valence-corrected chi connectivity index (χ0v) is 14.3. The van der Waals surface area contributed by atoms with Gasteiger partial charge >= 0.3 is 6.01 Å². The topological polar surface area (TPSA) is 71.7 Å². The average molecular weight is 340 g/mol. The van der Waals surface area contributed by atoms with E-state index in [1.807, 2.05) is 0 Å². The zero-order valence-electron chi connectivity index (χ0n) is 14.3. The molecule has 1 aromatic rings. The molecule has 0 radical (unpaired) electrons. The molecule has 0 aromatic carbocycles. The van der Waals surface area contributed by atoms with Gasteiger partial charge in [-0.3, -0.25) is 4.79 Å². The highest BCUT2D eigenvalue weighted by Crippen LogP contribution is 2.27. The van der Waals surface area contributed by atoms with Crippen LogP contribution in [-0.2, 0) is 9.53 Å². The Morgan fingerprint density at radius 3 is 2.92 bits per heavy atom. The van der Waals surface area contributed by atoms with Crippen LogP contribution >= 0.6 is 0 Å². The molecule has 1 aromatic heterocycles. The second-order valence-corrected chi connectivity index (χ2v) is 6.71. The molecule has 0 bridgehead atoms. The number of aromatic nitrogens is 2. The van der Waals surface area contributed by atoms with Crippen molar-refractivity contribution in [3.05, 3.63) is 5.89 Å². The second-order valence-electron chi connectivity index (χ2n) is 6.71. The summed E-state index contributed by atoms with van der Waals surface area (Å²) in [6, 6.07) is 0.176. The smallest absolute Gasteiger partial charge is 0.318 e. The summed E-state index contributed by atoms with van der Waals surface area (Å²) in [5.74, 6) is 0.482. The van der Waals surface area contributed by atoms with Crippen molar-refractivity contribution in [3.8, 4) is 0 Å². The first-order valence-electron chi connectivity index (χ1n) is 8.59. The molecule has 24 heavy (non-hydrogen) atoms. The first-order chi connectivity index (χ1) is 11.5. The Balaban J connectivity index is 1.57. The van der Waals surface area contributed by atoms with Gasteiger partial charge in [-0.2, -0.15) is 0 Å². The average Bonchev–Trinajstić information content (AvgIpc) is 3.14. The van der Waals surface area contributed by atoms with Crippen LogP contribution in [0.2, 0.25) is 0 Å². The van der Waals surface area contributed by atoms with E-state index in [2.05, 4.69) is 10.2 Å². The van der Waals surface area contributed by atoms with E-state index in [-0.39, 0.29) is 24.6 Å². The van der Waals surface area contributed by atoms with Crippen molar-refractivity contribution in [2.24, 2.45) is 0 Å². The normalized spacial score (nSPS) is 27.5. The lowest BCUT2D eigenvalue weighted by Crippen LogP contribution is -2.42. The molecule has 7 nitrogen and oxygen atoms in total. The van der Waals surface area contributed by atoms with Gasteiger partial charge in [0.15, 0.2) is 0 Å². The number of hydrogen-bond donors (Lipinski definition) is 0. The molecular weight excluding hydrogens is 315 g/mol.